The van der Waals surface area contributed by atoms with Gasteiger partial charge in [0.15, 0.2) is 0 Å². The van der Waals surface area contributed by atoms with E-state index in [1.165, 1.54) is 13.5 Å². The number of nitrogens with zero attached hydrogens (tertiary/aromatic N) is 2. The van der Waals surface area contributed by atoms with Crippen molar-refractivity contribution in [2.24, 2.45) is 0 Å². The maximum Gasteiger partial charge on any atom is 0.338 e. The van der Waals surface area contributed by atoms with Crippen LogP contribution in [0.15, 0.2) is 24.3 Å². The highest BCUT2D eigenvalue weighted by molar-refractivity contribution is 5.90. The third-order valence-electron chi connectivity index (χ3n) is 3.63. The molecule has 0 amide bonds. The molecule has 0 saturated carbocycles. The molecular formula is C15H22N2O2. The van der Waals surface area contributed by atoms with Crippen LogP contribution in [0.1, 0.15) is 22.3 Å². The summed E-state index contributed by atoms with van der Waals surface area (Å²) in [4.78, 5) is 16.5. The second-order valence-corrected chi connectivity index (χ2v) is 5.08. The lowest BCUT2D eigenvalue weighted by Crippen LogP contribution is -2.29. The monoisotopic (exact) mass is 262 g/mol. The first-order chi connectivity index (χ1) is 9.20. The number of ether oxygens (including phenoxy) is 1. The van der Waals surface area contributed by atoms with E-state index in [-0.39, 0.29) is 5.97 Å². The Morgan fingerprint density at radius 3 is 2.79 bits per heavy atom. The summed E-state index contributed by atoms with van der Waals surface area (Å²) in [5.74, 6) is -0.248. The molecule has 1 aromatic rings. The van der Waals surface area contributed by atoms with Gasteiger partial charge in [-0.05, 0) is 38.2 Å². The molecule has 104 valence electrons. The standard InChI is InChI=1S/C15H22N2O2/c1-16-8-5-9-17(11-10-16)12-13-6-3-4-7-14(13)15(18)19-2/h3-4,6-7H,5,8-12H2,1-2H3. The van der Waals surface area contributed by atoms with Gasteiger partial charge in [0.05, 0.1) is 12.7 Å². The van der Waals surface area contributed by atoms with Crippen LogP contribution < -0.4 is 0 Å². The van der Waals surface area contributed by atoms with Crippen LogP contribution in [0.4, 0.5) is 0 Å². The first-order valence-corrected chi connectivity index (χ1v) is 6.78. The van der Waals surface area contributed by atoms with Crippen molar-refractivity contribution in [3.8, 4) is 0 Å². The Hall–Kier alpha value is -1.39. The summed E-state index contributed by atoms with van der Waals surface area (Å²) in [6.45, 7) is 5.18. The van der Waals surface area contributed by atoms with E-state index in [9.17, 15) is 4.79 Å². The van der Waals surface area contributed by atoms with Gasteiger partial charge in [-0.15, -0.1) is 0 Å². The zero-order valence-corrected chi connectivity index (χ0v) is 11.8. The minimum atomic E-state index is -0.248. The molecule has 1 aliphatic rings. The molecule has 0 bridgehead atoms. The second kappa shape index (κ2) is 6.68. The Kier molecular flexibility index (Phi) is 4.93. The van der Waals surface area contributed by atoms with Gasteiger partial charge in [-0.1, -0.05) is 18.2 Å². The lowest BCUT2D eigenvalue weighted by Gasteiger charge is -2.21. The van der Waals surface area contributed by atoms with Crippen LogP contribution in [0.3, 0.4) is 0 Å². The summed E-state index contributed by atoms with van der Waals surface area (Å²) in [5, 5.41) is 0. The number of hydrogen-bond donors (Lipinski definition) is 0. The lowest BCUT2D eigenvalue weighted by atomic mass is 10.1. The number of methoxy groups -OCH3 is 1. The molecule has 0 N–H and O–H groups in total. The van der Waals surface area contributed by atoms with Gasteiger partial charge in [-0.25, -0.2) is 4.79 Å². The van der Waals surface area contributed by atoms with Crippen molar-refractivity contribution in [2.75, 3.05) is 40.3 Å². The van der Waals surface area contributed by atoms with Gasteiger partial charge in [-0.2, -0.15) is 0 Å². The molecular weight excluding hydrogens is 240 g/mol. The van der Waals surface area contributed by atoms with Crippen LogP contribution >= 0.6 is 0 Å². The van der Waals surface area contributed by atoms with E-state index in [1.807, 2.05) is 24.3 Å². The number of rotatable bonds is 3. The average molecular weight is 262 g/mol. The molecule has 1 aliphatic heterocycles. The summed E-state index contributed by atoms with van der Waals surface area (Å²) in [5.41, 5.74) is 1.74. The largest absolute Gasteiger partial charge is 0.465 e. The van der Waals surface area contributed by atoms with Crippen molar-refractivity contribution in [1.82, 2.24) is 9.80 Å². The van der Waals surface area contributed by atoms with Gasteiger partial charge in [0.1, 0.15) is 0 Å². The number of carbonyl (C=O) groups excluding carboxylic acids is 1. The summed E-state index contributed by atoms with van der Waals surface area (Å²) >= 11 is 0. The first-order valence-electron chi connectivity index (χ1n) is 6.78. The van der Waals surface area contributed by atoms with Crippen molar-refractivity contribution in [3.63, 3.8) is 0 Å². The Morgan fingerprint density at radius 1 is 1.21 bits per heavy atom. The maximum absolute atomic E-state index is 11.7. The van der Waals surface area contributed by atoms with Gasteiger partial charge >= 0.3 is 5.97 Å². The summed E-state index contributed by atoms with van der Waals surface area (Å²) in [7, 11) is 3.59. The van der Waals surface area contributed by atoms with Crippen LogP contribution in [-0.4, -0.2) is 56.1 Å². The van der Waals surface area contributed by atoms with Gasteiger partial charge in [0, 0.05) is 19.6 Å². The number of benzene rings is 1. The molecule has 1 fully saturated rings. The molecule has 0 aliphatic carbocycles. The smallest absolute Gasteiger partial charge is 0.338 e. The van der Waals surface area contributed by atoms with Gasteiger partial charge in [-0.3, -0.25) is 4.90 Å². The zero-order chi connectivity index (χ0) is 13.7. The maximum atomic E-state index is 11.7. The molecule has 0 atom stereocenters. The molecule has 19 heavy (non-hydrogen) atoms. The predicted octanol–water partition coefficient (Wildman–Crippen LogP) is 1.61. The fraction of sp³-hybridized carbons (Fsp3) is 0.533. The topological polar surface area (TPSA) is 32.8 Å². The molecule has 4 heteroatoms. The molecule has 0 spiro atoms. The number of likely N-dealkylation sites (N-methyl/N-ethyl adjacent to an activating group) is 1. The second-order valence-electron chi connectivity index (χ2n) is 5.08. The highest BCUT2D eigenvalue weighted by Gasteiger charge is 2.16. The third-order valence-corrected chi connectivity index (χ3v) is 3.63. The van der Waals surface area contributed by atoms with E-state index in [0.717, 1.165) is 38.3 Å². The minimum Gasteiger partial charge on any atom is -0.465 e. The van der Waals surface area contributed by atoms with Crippen LogP contribution in [0.5, 0.6) is 0 Å². The zero-order valence-electron chi connectivity index (χ0n) is 11.8. The number of hydrogen-bond acceptors (Lipinski definition) is 4. The molecule has 1 saturated heterocycles. The van der Waals surface area contributed by atoms with Crippen LogP contribution in [0, 0.1) is 0 Å². The fourth-order valence-electron chi connectivity index (χ4n) is 2.47. The Balaban J connectivity index is 2.08. The fourth-order valence-corrected chi connectivity index (χ4v) is 2.47. The quantitative estimate of drug-likeness (QED) is 0.775. The molecule has 1 aromatic carbocycles. The molecule has 2 rings (SSSR count). The summed E-state index contributed by atoms with van der Waals surface area (Å²) in [6.07, 6.45) is 1.18. The average Bonchev–Trinajstić information content (AvgIpc) is 2.63. The van der Waals surface area contributed by atoms with Gasteiger partial charge < -0.3 is 9.64 Å². The van der Waals surface area contributed by atoms with Crippen molar-refractivity contribution >= 4 is 5.97 Å². The van der Waals surface area contributed by atoms with E-state index in [0.29, 0.717) is 5.56 Å². The first kappa shape index (κ1) is 14.0. The Bertz CT molecular complexity index is 434. The normalized spacial score (nSPS) is 18.0. The highest BCUT2D eigenvalue weighted by atomic mass is 16.5. The van der Waals surface area contributed by atoms with Crippen molar-refractivity contribution in [1.29, 1.82) is 0 Å². The Labute approximate surface area is 115 Å². The minimum absolute atomic E-state index is 0.248. The number of carbonyl (C=O) groups is 1. The molecule has 4 nitrogen and oxygen atoms in total. The molecule has 0 aromatic heterocycles. The van der Waals surface area contributed by atoms with E-state index in [4.69, 9.17) is 4.74 Å². The van der Waals surface area contributed by atoms with Gasteiger partial charge in [0.2, 0.25) is 0 Å². The van der Waals surface area contributed by atoms with Crippen molar-refractivity contribution in [3.05, 3.63) is 35.4 Å². The molecule has 0 unspecified atom stereocenters. The van der Waals surface area contributed by atoms with Gasteiger partial charge in [0.25, 0.3) is 0 Å². The van der Waals surface area contributed by atoms with Crippen molar-refractivity contribution in [2.45, 2.75) is 13.0 Å². The molecule has 0 radical (unpaired) electrons. The highest BCUT2D eigenvalue weighted by Crippen LogP contribution is 2.14. The Morgan fingerprint density at radius 2 is 2.00 bits per heavy atom. The third kappa shape index (κ3) is 3.78. The van der Waals surface area contributed by atoms with E-state index in [2.05, 4.69) is 16.8 Å². The summed E-state index contributed by atoms with van der Waals surface area (Å²) < 4.78 is 4.84. The van der Waals surface area contributed by atoms with Crippen LogP contribution in [0.2, 0.25) is 0 Å². The van der Waals surface area contributed by atoms with Crippen LogP contribution in [0.25, 0.3) is 0 Å². The van der Waals surface area contributed by atoms with E-state index in [1.54, 1.807) is 0 Å². The molecule has 1 heterocycles. The van der Waals surface area contributed by atoms with Crippen LogP contribution in [-0.2, 0) is 11.3 Å². The van der Waals surface area contributed by atoms with Crippen molar-refractivity contribution < 1.29 is 9.53 Å². The summed E-state index contributed by atoms with van der Waals surface area (Å²) in [6, 6.07) is 7.71. The number of esters is 1. The SMILES string of the molecule is COC(=O)c1ccccc1CN1CCCN(C)CC1. The van der Waals surface area contributed by atoms with E-state index >= 15 is 0 Å². The lowest BCUT2D eigenvalue weighted by molar-refractivity contribution is 0.0598. The predicted molar refractivity (Wildman–Crippen MR) is 75.2 cm³/mol. The van der Waals surface area contributed by atoms with E-state index < -0.39 is 0 Å².